The zero-order valence-electron chi connectivity index (χ0n) is 9.01. The highest BCUT2D eigenvalue weighted by atomic mass is 19.3. The van der Waals surface area contributed by atoms with E-state index in [1.165, 1.54) is 12.1 Å². The van der Waals surface area contributed by atoms with Crippen LogP contribution in [0.3, 0.4) is 0 Å². The van der Waals surface area contributed by atoms with Crippen molar-refractivity contribution in [3.8, 4) is 0 Å². The van der Waals surface area contributed by atoms with Gasteiger partial charge in [-0.15, -0.1) is 0 Å². The van der Waals surface area contributed by atoms with Crippen LogP contribution in [0.5, 0.6) is 0 Å². The highest BCUT2D eigenvalue weighted by Crippen LogP contribution is 2.63. The van der Waals surface area contributed by atoms with Crippen LogP contribution in [-0.2, 0) is 10.2 Å². The maximum Gasteiger partial charge on any atom is 0.320 e. The van der Waals surface area contributed by atoms with Gasteiger partial charge in [-0.1, -0.05) is 6.07 Å². The van der Waals surface area contributed by atoms with Crippen molar-refractivity contribution in [3.63, 3.8) is 0 Å². The second-order valence-electron chi connectivity index (χ2n) is 4.46. The van der Waals surface area contributed by atoms with Gasteiger partial charge in [0.05, 0.1) is 0 Å². The summed E-state index contributed by atoms with van der Waals surface area (Å²) >= 11 is 0. The number of benzene rings is 1. The van der Waals surface area contributed by atoms with Crippen molar-refractivity contribution >= 4 is 16.9 Å². The Morgan fingerprint density at radius 3 is 2.61 bits per heavy atom. The van der Waals surface area contributed by atoms with E-state index < -0.39 is 29.5 Å². The number of nitrogens with one attached hydrogen (secondary N) is 1. The van der Waals surface area contributed by atoms with Gasteiger partial charge in [0.25, 0.3) is 5.92 Å². The summed E-state index contributed by atoms with van der Waals surface area (Å²) in [4.78, 5) is 13.8. The fourth-order valence-electron chi connectivity index (χ4n) is 2.41. The number of H-pyrrole nitrogens is 1. The molecule has 0 amide bonds. The highest BCUT2D eigenvalue weighted by molar-refractivity contribution is 5.96. The minimum atomic E-state index is -3.34. The summed E-state index contributed by atoms with van der Waals surface area (Å²) in [6.45, 7) is 0. The van der Waals surface area contributed by atoms with Gasteiger partial charge in [0, 0.05) is 29.1 Å². The number of hydrogen-bond acceptors (Lipinski definition) is 1. The van der Waals surface area contributed by atoms with Crippen molar-refractivity contribution in [1.82, 2.24) is 4.98 Å². The maximum absolute atomic E-state index is 13.7. The summed E-state index contributed by atoms with van der Waals surface area (Å²) in [5, 5.41) is 8.97. The van der Waals surface area contributed by atoms with E-state index in [2.05, 4.69) is 4.98 Å². The van der Waals surface area contributed by atoms with Gasteiger partial charge < -0.3 is 10.1 Å². The van der Waals surface area contributed by atoms with Crippen molar-refractivity contribution in [3.05, 3.63) is 35.8 Å². The third-order valence-corrected chi connectivity index (χ3v) is 3.47. The van der Waals surface area contributed by atoms with Gasteiger partial charge in [-0.2, -0.15) is 0 Å². The van der Waals surface area contributed by atoms with Crippen LogP contribution >= 0.6 is 0 Å². The van der Waals surface area contributed by atoms with Crippen LogP contribution in [0.15, 0.2) is 24.4 Å². The summed E-state index contributed by atoms with van der Waals surface area (Å²) < 4.78 is 40.5. The first-order chi connectivity index (χ1) is 8.40. The van der Waals surface area contributed by atoms with Crippen molar-refractivity contribution in [2.75, 3.05) is 0 Å². The van der Waals surface area contributed by atoms with E-state index in [0.717, 1.165) is 12.3 Å². The lowest BCUT2D eigenvalue weighted by Gasteiger charge is -2.10. The number of halogens is 3. The van der Waals surface area contributed by atoms with E-state index in [4.69, 9.17) is 5.11 Å². The van der Waals surface area contributed by atoms with Crippen LogP contribution in [0.2, 0.25) is 0 Å². The Labute approximate surface area is 99.2 Å². The van der Waals surface area contributed by atoms with E-state index in [1.807, 2.05) is 0 Å². The number of fused-ring (bicyclic) bond motifs is 1. The summed E-state index contributed by atoms with van der Waals surface area (Å²) in [6, 6.07) is 4.06. The standard InChI is InChI=1S/C12H8F3NO2/c13-7-2-1-3-8-9(7)6(4-16-8)11(10(17)18)5-12(11,14)15/h1-4,16H,5H2,(H,17,18). The summed E-state index contributed by atoms with van der Waals surface area (Å²) in [5.41, 5.74) is -2.17. The van der Waals surface area contributed by atoms with Gasteiger partial charge in [0.2, 0.25) is 0 Å². The van der Waals surface area contributed by atoms with Crippen LogP contribution in [0.4, 0.5) is 13.2 Å². The third kappa shape index (κ3) is 1.12. The minimum Gasteiger partial charge on any atom is -0.480 e. The predicted molar refractivity (Wildman–Crippen MR) is 57.1 cm³/mol. The molecule has 1 aliphatic rings. The van der Waals surface area contributed by atoms with Gasteiger partial charge in [0.1, 0.15) is 5.82 Å². The number of alkyl halides is 2. The van der Waals surface area contributed by atoms with E-state index in [0.29, 0.717) is 5.52 Å². The molecule has 2 aromatic rings. The van der Waals surface area contributed by atoms with Crippen LogP contribution in [0, 0.1) is 5.82 Å². The molecule has 0 spiro atoms. The van der Waals surface area contributed by atoms with Crippen LogP contribution in [0.1, 0.15) is 12.0 Å². The molecule has 1 unspecified atom stereocenters. The van der Waals surface area contributed by atoms with E-state index in [9.17, 15) is 18.0 Å². The lowest BCUT2D eigenvalue weighted by molar-refractivity contribution is -0.142. The number of carboxylic acid groups (broad SMARTS) is 1. The molecular weight excluding hydrogens is 247 g/mol. The second-order valence-corrected chi connectivity index (χ2v) is 4.46. The van der Waals surface area contributed by atoms with Gasteiger partial charge in [-0.25, -0.2) is 13.2 Å². The molecule has 0 bridgehead atoms. The van der Waals surface area contributed by atoms with E-state index in [-0.39, 0.29) is 10.9 Å². The first-order valence-corrected chi connectivity index (χ1v) is 5.27. The highest BCUT2D eigenvalue weighted by Gasteiger charge is 2.78. The molecule has 0 saturated heterocycles. The van der Waals surface area contributed by atoms with Crippen molar-refractivity contribution in [2.24, 2.45) is 0 Å². The molecule has 1 heterocycles. The predicted octanol–water partition coefficient (Wildman–Crippen LogP) is 2.67. The number of hydrogen-bond donors (Lipinski definition) is 2. The average Bonchev–Trinajstić information content (AvgIpc) is 2.70. The van der Waals surface area contributed by atoms with Gasteiger partial charge in [-0.3, -0.25) is 4.79 Å². The summed E-state index contributed by atoms with van der Waals surface area (Å²) in [5.74, 6) is -5.67. The molecule has 1 aromatic carbocycles. The van der Waals surface area contributed by atoms with E-state index in [1.54, 1.807) is 0 Å². The van der Waals surface area contributed by atoms with Gasteiger partial charge in [-0.05, 0) is 12.1 Å². The fraction of sp³-hybridized carbons (Fsp3) is 0.250. The largest absolute Gasteiger partial charge is 0.480 e. The fourth-order valence-corrected chi connectivity index (χ4v) is 2.41. The van der Waals surface area contributed by atoms with E-state index >= 15 is 0 Å². The number of aliphatic carboxylic acids is 1. The zero-order chi connectivity index (χ0) is 13.1. The summed E-state index contributed by atoms with van der Waals surface area (Å²) in [7, 11) is 0. The second kappa shape index (κ2) is 3.07. The monoisotopic (exact) mass is 255 g/mol. The number of aromatic amines is 1. The Morgan fingerprint density at radius 1 is 1.39 bits per heavy atom. The maximum atomic E-state index is 13.7. The molecule has 94 valence electrons. The molecule has 1 fully saturated rings. The first-order valence-electron chi connectivity index (χ1n) is 5.27. The lowest BCUT2D eigenvalue weighted by atomic mass is 9.94. The van der Waals surface area contributed by atoms with Crippen molar-refractivity contribution in [1.29, 1.82) is 0 Å². The summed E-state index contributed by atoms with van der Waals surface area (Å²) in [6.07, 6.45) is 0.361. The SMILES string of the molecule is O=C(O)C1(c2c[nH]c3cccc(F)c23)CC1(F)F. The van der Waals surface area contributed by atoms with Crippen molar-refractivity contribution in [2.45, 2.75) is 17.8 Å². The Balaban J connectivity index is 2.31. The lowest BCUT2D eigenvalue weighted by Crippen LogP contribution is -2.26. The molecule has 1 atom stereocenters. The smallest absolute Gasteiger partial charge is 0.320 e. The topological polar surface area (TPSA) is 53.1 Å². The number of rotatable bonds is 2. The van der Waals surface area contributed by atoms with Crippen molar-refractivity contribution < 1.29 is 23.1 Å². The van der Waals surface area contributed by atoms with Crippen LogP contribution in [0.25, 0.3) is 10.9 Å². The molecule has 1 aliphatic carbocycles. The molecule has 3 nitrogen and oxygen atoms in total. The molecule has 1 aromatic heterocycles. The quantitative estimate of drug-likeness (QED) is 0.866. The Hall–Kier alpha value is -1.98. The molecule has 0 aliphatic heterocycles. The average molecular weight is 255 g/mol. The molecule has 18 heavy (non-hydrogen) atoms. The Morgan fingerprint density at radius 2 is 2.06 bits per heavy atom. The third-order valence-electron chi connectivity index (χ3n) is 3.47. The molecular formula is C12H8F3NO2. The number of carbonyl (C=O) groups is 1. The number of aromatic nitrogens is 1. The first kappa shape index (κ1) is 11.1. The Bertz CT molecular complexity index is 664. The Kier molecular flexibility index (Phi) is 1.90. The molecule has 3 rings (SSSR count). The molecule has 2 N–H and O–H groups in total. The number of carboxylic acids is 1. The zero-order valence-corrected chi connectivity index (χ0v) is 9.01. The van der Waals surface area contributed by atoms with Crippen LogP contribution < -0.4 is 0 Å². The normalized spacial score (nSPS) is 25.3. The molecule has 6 heteroatoms. The van der Waals surface area contributed by atoms with Crippen LogP contribution in [-0.4, -0.2) is 22.0 Å². The molecule has 1 saturated carbocycles. The van der Waals surface area contributed by atoms with Gasteiger partial charge in [0.15, 0.2) is 5.41 Å². The van der Waals surface area contributed by atoms with Gasteiger partial charge >= 0.3 is 5.97 Å². The minimum absolute atomic E-state index is 0.0722. The molecule has 0 radical (unpaired) electrons.